The molecule has 0 bridgehead atoms. The number of carbonyl (C=O) groups excluding carboxylic acids is 1. The zero-order valence-electron chi connectivity index (χ0n) is 27.3. The summed E-state index contributed by atoms with van der Waals surface area (Å²) in [5.74, 6) is -0.310. The number of hydrogen-bond donors (Lipinski definition) is 4. The Morgan fingerprint density at radius 1 is 0.791 bits per heavy atom. The van der Waals surface area contributed by atoms with Crippen LogP contribution in [0, 0.1) is 0 Å². The van der Waals surface area contributed by atoms with Crippen LogP contribution in [-0.4, -0.2) is 69.1 Å². The van der Waals surface area contributed by atoms with Gasteiger partial charge >= 0.3 is 5.97 Å². The summed E-state index contributed by atoms with van der Waals surface area (Å²) in [7, 11) is 0. The van der Waals surface area contributed by atoms with Gasteiger partial charge in [-0.1, -0.05) is 89.7 Å². The highest BCUT2D eigenvalue weighted by molar-refractivity contribution is 5.90. The fraction of sp³-hybridized carbons (Fsp3) is 0.861. The predicted octanol–water partition coefficient (Wildman–Crippen LogP) is 7.23. The number of unbranched alkanes of at least 4 members (excludes halogenated alkanes) is 11. The fourth-order valence-corrected chi connectivity index (χ4v) is 6.28. The molecular weight excluding hydrogens is 544 g/mol. The van der Waals surface area contributed by atoms with E-state index in [0.717, 1.165) is 51.4 Å². The second kappa shape index (κ2) is 23.1. The summed E-state index contributed by atoms with van der Waals surface area (Å²) in [6.45, 7) is 4.07. The van der Waals surface area contributed by atoms with E-state index in [0.29, 0.717) is 37.7 Å². The van der Waals surface area contributed by atoms with Crippen molar-refractivity contribution in [1.29, 1.82) is 0 Å². The van der Waals surface area contributed by atoms with Crippen molar-refractivity contribution in [2.75, 3.05) is 0 Å². The molecule has 0 aromatic heterocycles. The lowest BCUT2D eigenvalue weighted by atomic mass is 9.98. The number of rotatable bonds is 26. The molecule has 1 fully saturated rings. The maximum Gasteiger partial charge on any atom is 0.334 e. The molecule has 0 aromatic carbocycles. The van der Waals surface area contributed by atoms with Crippen LogP contribution in [0.15, 0.2) is 23.8 Å². The lowest BCUT2D eigenvalue weighted by Crippen LogP contribution is -2.31. The van der Waals surface area contributed by atoms with E-state index in [1.165, 1.54) is 57.8 Å². The van der Waals surface area contributed by atoms with Crippen molar-refractivity contribution in [2.24, 2.45) is 0 Å². The van der Waals surface area contributed by atoms with E-state index >= 15 is 0 Å². The Bertz CT molecular complexity index is 782. The number of carbonyl (C=O) groups is 1. The van der Waals surface area contributed by atoms with Gasteiger partial charge in [-0.2, -0.15) is 0 Å². The zero-order valence-corrected chi connectivity index (χ0v) is 27.3. The number of cyclic esters (lactones) is 1. The molecule has 0 spiro atoms. The van der Waals surface area contributed by atoms with Crippen LogP contribution in [-0.2, 0) is 14.3 Å². The molecule has 7 heteroatoms. The molecule has 7 atom stereocenters. The van der Waals surface area contributed by atoms with E-state index in [9.17, 15) is 25.2 Å². The predicted molar refractivity (Wildman–Crippen MR) is 173 cm³/mol. The van der Waals surface area contributed by atoms with E-state index in [2.05, 4.69) is 19.1 Å². The van der Waals surface area contributed by atoms with Gasteiger partial charge < -0.3 is 29.9 Å². The van der Waals surface area contributed by atoms with Gasteiger partial charge in [-0.25, -0.2) is 4.79 Å². The summed E-state index contributed by atoms with van der Waals surface area (Å²) in [4.78, 5) is 11.7. The fourth-order valence-electron chi connectivity index (χ4n) is 6.28. The summed E-state index contributed by atoms with van der Waals surface area (Å²) in [6.07, 6.45) is 24.9. The number of ether oxygens (including phenoxy) is 2. The third kappa shape index (κ3) is 17.1. The third-order valence-electron chi connectivity index (χ3n) is 9.05. The summed E-state index contributed by atoms with van der Waals surface area (Å²) in [5.41, 5.74) is 0.581. The molecule has 0 saturated carbocycles. The van der Waals surface area contributed by atoms with Crippen LogP contribution in [0.2, 0.25) is 0 Å². The van der Waals surface area contributed by atoms with E-state index < -0.39 is 24.4 Å². The van der Waals surface area contributed by atoms with Gasteiger partial charge in [0.05, 0.1) is 36.6 Å². The maximum atomic E-state index is 11.7. The SMILES string of the molecule is CCCCCCCCCCC/C=C\CCC(O)C(O)CCC(O)C1CCC(CCCCCC(O)CC2=CC(C)OC2=O)O1. The van der Waals surface area contributed by atoms with Gasteiger partial charge in [0, 0.05) is 12.0 Å². The normalized spacial score (nSPS) is 23.4. The first kappa shape index (κ1) is 37.9. The smallest absolute Gasteiger partial charge is 0.334 e. The van der Waals surface area contributed by atoms with E-state index in [1.54, 1.807) is 6.08 Å². The molecule has 43 heavy (non-hydrogen) atoms. The summed E-state index contributed by atoms with van der Waals surface area (Å²) in [6, 6.07) is 0. The molecular formula is C36H64O7. The Kier molecular flexibility index (Phi) is 20.4. The van der Waals surface area contributed by atoms with Gasteiger partial charge in [0.2, 0.25) is 0 Å². The first-order valence-electron chi connectivity index (χ1n) is 17.7. The van der Waals surface area contributed by atoms with Gasteiger partial charge in [0.25, 0.3) is 0 Å². The summed E-state index contributed by atoms with van der Waals surface area (Å²) in [5, 5.41) is 41.6. The number of allylic oxidation sites excluding steroid dienone is 2. The molecule has 0 radical (unpaired) electrons. The minimum Gasteiger partial charge on any atom is -0.455 e. The molecule has 2 aliphatic heterocycles. The maximum absolute atomic E-state index is 11.7. The summed E-state index contributed by atoms with van der Waals surface area (Å²) >= 11 is 0. The van der Waals surface area contributed by atoms with Crippen molar-refractivity contribution >= 4 is 5.97 Å². The standard InChI is InChI=1S/C36H64O7/c1-3-4-5-6-7-8-9-10-11-12-13-14-18-21-32(38)33(39)23-24-34(40)35-25-22-31(43-35)20-17-15-16-19-30(37)27-29-26-28(2)42-36(29)41/h13-14,26,28,30-35,37-40H,3-12,15-25,27H2,1-2H3/b14-13-. The zero-order chi connectivity index (χ0) is 31.3. The van der Waals surface area contributed by atoms with Gasteiger partial charge in [-0.15, -0.1) is 0 Å². The molecule has 2 rings (SSSR count). The Hall–Kier alpha value is -1.25. The van der Waals surface area contributed by atoms with Crippen molar-refractivity contribution in [3.8, 4) is 0 Å². The average molecular weight is 609 g/mol. The Morgan fingerprint density at radius 2 is 1.44 bits per heavy atom. The van der Waals surface area contributed by atoms with Crippen LogP contribution in [0.5, 0.6) is 0 Å². The monoisotopic (exact) mass is 608 g/mol. The molecule has 0 aromatic rings. The average Bonchev–Trinajstić information content (AvgIpc) is 3.58. The molecule has 250 valence electrons. The second-order valence-electron chi connectivity index (χ2n) is 13.1. The molecule has 4 N–H and O–H groups in total. The van der Waals surface area contributed by atoms with Crippen molar-refractivity contribution in [1.82, 2.24) is 0 Å². The number of hydrogen-bond acceptors (Lipinski definition) is 7. The second-order valence-corrected chi connectivity index (χ2v) is 13.1. The van der Waals surface area contributed by atoms with Gasteiger partial charge in [-0.3, -0.25) is 0 Å². The molecule has 2 aliphatic rings. The van der Waals surface area contributed by atoms with Gasteiger partial charge in [0.1, 0.15) is 6.10 Å². The van der Waals surface area contributed by atoms with Crippen molar-refractivity contribution in [2.45, 2.75) is 198 Å². The molecule has 7 unspecified atom stereocenters. The van der Waals surface area contributed by atoms with E-state index in [1.807, 2.05) is 6.92 Å². The van der Waals surface area contributed by atoms with Crippen molar-refractivity contribution < 1.29 is 34.7 Å². The number of aliphatic hydroxyl groups is 4. The Labute approximate surface area is 262 Å². The Morgan fingerprint density at radius 3 is 2.14 bits per heavy atom. The van der Waals surface area contributed by atoms with Crippen molar-refractivity contribution in [3.63, 3.8) is 0 Å². The third-order valence-corrected chi connectivity index (χ3v) is 9.05. The van der Waals surface area contributed by atoms with E-state index in [4.69, 9.17) is 9.47 Å². The number of esters is 1. The first-order chi connectivity index (χ1) is 20.8. The van der Waals surface area contributed by atoms with Crippen LogP contribution in [0.4, 0.5) is 0 Å². The van der Waals surface area contributed by atoms with Crippen LogP contribution >= 0.6 is 0 Å². The van der Waals surface area contributed by atoms with Crippen LogP contribution in [0.3, 0.4) is 0 Å². The van der Waals surface area contributed by atoms with Crippen molar-refractivity contribution in [3.05, 3.63) is 23.8 Å². The minimum absolute atomic E-state index is 0.141. The highest BCUT2D eigenvalue weighted by Gasteiger charge is 2.31. The highest BCUT2D eigenvalue weighted by Crippen LogP contribution is 2.28. The first-order valence-corrected chi connectivity index (χ1v) is 17.7. The lowest BCUT2D eigenvalue weighted by Gasteiger charge is -2.22. The van der Waals surface area contributed by atoms with Crippen LogP contribution in [0.25, 0.3) is 0 Å². The minimum atomic E-state index is -0.827. The molecule has 0 aliphatic carbocycles. The largest absolute Gasteiger partial charge is 0.455 e. The molecule has 7 nitrogen and oxygen atoms in total. The highest BCUT2D eigenvalue weighted by atomic mass is 16.5. The molecule has 0 amide bonds. The Balaban J connectivity index is 1.44. The van der Waals surface area contributed by atoms with Gasteiger partial charge in [0.15, 0.2) is 0 Å². The van der Waals surface area contributed by atoms with Gasteiger partial charge in [-0.05, 0) is 77.2 Å². The molecule has 2 heterocycles. The van der Waals surface area contributed by atoms with Crippen LogP contribution in [0.1, 0.15) is 155 Å². The molecule has 1 saturated heterocycles. The van der Waals surface area contributed by atoms with E-state index in [-0.39, 0.29) is 24.3 Å². The topological polar surface area (TPSA) is 116 Å². The number of aliphatic hydroxyl groups excluding tert-OH is 4. The summed E-state index contributed by atoms with van der Waals surface area (Å²) < 4.78 is 11.2. The van der Waals surface area contributed by atoms with Crippen LogP contribution < -0.4 is 0 Å². The quantitative estimate of drug-likeness (QED) is 0.0465. The lowest BCUT2D eigenvalue weighted by molar-refractivity contribution is -0.139.